The molecule has 30 heavy (non-hydrogen) atoms. The van der Waals surface area contributed by atoms with E-state index in [4.69, 9.17) is 20.3 Å². The molecule has 0 spiro atoms. The van der Waals surface area contributed by atoms with E-state index in [0.717, 1.165) is 41.8 Å². The van der Waals surface area contributed by atoms with Crippen molar-refractivity contribution in [3.05, 3.63) is 64.5 Å². The Balaban J connectivity index is 1.69. The van der Waals surface area contributed by atoms with Crippen LogP contribution in [0.5, 0.6) is 5.88 Å². The Morgan fingerprint density at radius 3 is 2.97 bits per heavy atom. The lowest BCUT2D eigenvalue weighted by Crippen LogP contribution is -2.21. The summed E-state index contributed by atoms with van der Waals surface area (Å²) in [5.41, 5.74) is 11.6. The molecule has 0 saturated carbocycles. The molecule has 1 atom stereocenters. The maximum Gasteiger partial charge on any atom is 0.231 e. The molecule has 0 bridgehead atoms. The van der Waals surface area contributed by atoms with Crippen LogP contribution in [-0.2, 0) is 6.42 Å². The number of nitrogens with two attached hydrogens (primary N) is 1. The predicted molar refractivity (Wildman–Crippen MR) is 113 cm³/mol. The molecule has 3 aromatic rings. The van der Waals surface area contributed by atoms with Crippen LogP contribution in [0.4, 0.5) is 11.4 Å². The average Bonchev–Trinajstić information content (AvgIpc) is 3.30. The number of benzene rings is 1. The van der Waals surface area contributed by atoms with Gasteiger partial charge in [-0.1, -0.05) is 0 Å². The normalized spacial score (nSPS) is 15.2. The highest BCUT2D eigenvalue weighted by atomic mass is 16.5. The van der Waals surface area contributed by atoms with E-state index in [2.05, 4.69) is 21.4 Å². The topological polar surface area (TPSA) is 134 Å². The van der Waals surface area contributed by atoms with Crippen LogP contribution in [0.3, 0.4) is 0 Å². The second kappa shape index (κ2) is 7.87. The van der Waals surface area contributed by atoms with Gasteiger partial charge in [0, 0.05) is 16.9 Å². The minimum Gasteiger partial charge on any atom is -0.480 e. The maximum absolute atomic E-state index is 9.49. The molecule has 8 nitrogen and oxygen atoms in total. The fraction of sp³-hybridized carbons (Fsp3) is 0.273. The maximum atomic E-state index is 9.49. The van der Waals surface area contributed by atoms with Crippen LogP contribution in [0.15, 0.2) is 35.2 Å². The number of nitrogens with zero attached hydrogens (tertiary/aromatic N) is 3. The van der Waals surface area contributed by atoms with E-state index in [9.17, 15) is 5.26 Å². The second-order valence-corrected chi connectivity index (χ2v) is 7.23. The molecular weight excluding hydrogens is 380 g/mol. The van der Waals surface area contributed by atoms with Crippen molar-refractivity contribution in [3.63, 3.8) is 0 Å². The number of ether oxygens (including phenoxy) is 1. The first-order valence-electron chi connectivity index (χ1n) is 9.64. The summed E-state index contributed by atoms with van der Waals surface area (Å²) in [6.45, 7) is 1.95. The number of nitrogen functional groups attached to an aromatic ring is 1. The highest BCUT2D eigenvalue weighted by Gasteiger charge is 2.27. The van der Waals surface area contributed by atoms with Gasteiger partial charge in [-0.2, -0.15) is 5.26 Å². The number of nitriles is 1. The molecule has 1 aliphatic carbocycles. The highest BCUT2D eigenvalue weighted by molar-refractivity contribution is 6.12. The summed E-state index contributed by atoms with van der Waals surface area (Å²) < 4.78 is 10.6. The first kappa shape index (κ1) is 19.5. The molecule has 0 fully saturated rings. The van der Waals surface area contributed by atoms with Gasteiger partial charge in [0.25, 0.3) is 0 Å². The minimum absolute atomic E-state index is 0.0370. The van der Waals surface area contributed by atoms with Gasteiger partial charge >= 0.3 is 0 Å². The van der Waals surface area contributed by atoms with Gasteiger partial charge in [0.2, 0.25) is 5.88 Å². The number of oxazole rings is 1. The number of methoxy groups -OCH3 is 1. The fourth-order valence-corrected chi connectivity index (χ4v) is 3.92. The monoisotopic (exact) mass is 402 g/mol. The smallest absolute Gasteiger partial charge is 0.231 e. The molecule has 0 saturated heterocycles. The molecule has 2 heterocycles. The third-order valence-electron chi connectivity index (χ3n) is 5.47. The van der Waals surface area contributed by atoms with Crippen LogP contribution in [-0.4, -0.2) is 22.8 Å². The van der Waals surface area contributed by atoms with Crippen LogP contribution in [0.1, 0.15) is 52.6 Å². The molecular formula is C22H22N6O2. The number of pyridine rings is 1. The quantitative estimate of drug-likeness (QED) is 0.437. The lowest BCUT2D eigenvalue weighted by molar-refractivity contribution is 0.391. The summed E-state index contributed by atoms with van der Waals surface area (Å²) in [6.07, 6.45) is 5.55. The minimum atomic E-state index is -0.0370. The third kappa shape index (κ3) is 3.35. The number of rotatable bonds is 5. The molecule has 4 rings (SSSR count). The zero-order valence-electron chi connectivity index (χ0n) is 16.8. The molecule has 0 unspecified atom stereocenters. The van der Waals surface area contributed by atoms with Crippen molar-refractivity contribution < 1.29 is 9.15 Å². The Morgan fingerprint density at radius 2 is 2.27 bits per heavy atom. The largest absolute Gasteiger partial charge is 0.480 e. The Kier molecular flexibility index (Phi) is 5.11. The Bertz CT molecular complexity index is 1150. The van der Waals surface area contributed by atoms with Gasteiger partial charge in [-0.3, -0.25) is 5.41 Å². The van der Waals surface area contributed by atoms with Crippen molar-refractivity contribution in [2.24, 2.45) is 0 Å². The molecule has 8 heteroatoms. The van der Waals surface area contributed by atoms with E-state index in [0.29, 0.717) is 28.5 Å². The van der Waals surface area contributed by atoms with Gasteiger partial charge in [0.05, 0.1) is 25.0 Å². The first-order valence-corrected chi connectivity index (χ1v) is 9.64. The first-order chi connectivity index (χ1) is 14.5. The van der Waals surface area contributed by atoms with Crippen LogP contribution in [0.2, 0.25) is 0 Å². The van der Waals surface area contributed by atoms with Gasteiger partial charge in [0.1, 0.15) is 17.3 Å². The molecule has 0 aliphatic heterocycles. The lowest BCUT2D eigenvalue weighted by Gasteiger charge is -2.28. The third-order valence-corrected chi connectivity index (χ3v) is 5.47. The highest BCUT2D eigenvalue weighted by Crippen LogP contribution is 2.37. The summed E-state index contributed by atoms with van der Waals surface area (Å²) in [6, 6.07) is 7.66. The van der Waals surface area contributed by atoms with E-state index in [1.807, 2.05) is 19.1 Å². The zero-order chi connectivity index (χ0) is 21.3. The van der Waals surface area contributed by atoms with Crippen LogP contribution in [0, 0.1) is 23.7 Å². The fourth-order valence-electron chi connectivity index (χ4n) is 3.92. The molecule has 1 aliphatic rings. The number of nitrogens with one attached hydrogen (secondary N) is 2. The Morgan fingerprint density at radius 1 is 1.43 bits per heavy atom. The summed E-state index contributed by atoms with van der Waals surface area (Å²) in [5.74, 6) is 0.709. The zero-order valence-corrected chi connectivity index (χ0v) is 16.8. The van der Waals surface area contributed by atoms with Gasteiger partial charge in [-0.05, 0) is 55.5 Å². The number of fused-ring (bicyclic) bond motifs is 1. The van der Waals surface area contributed by atoms with Crippen molar-refractivity contribution in [1.82, 2.24) is 9.97 Å². The van der Waals surface area contributed by atoms with Crippen molar-refractivity contribution in [2.75, 3.05) is 18.2 Å². The number of anilines is 2. The van der Waals surface area contributed by atoms with Gasteiger partial charge in [-0.25, -0.2) is 9.97 Å². The van der Waals surface area contributed by atoms with Crippen LogP contribution >= 0.6 is 0 Å². The van der Waals surface area contributed by atoms with E-state index in [1.165, 1.54) is 19.7 Å². The lowest BCUT2D eigenvalue weighted by atomic mass is 9.87. The average molecular weight is 402 g/mol. The van der Waals surface area contributed by atoms with Crippen molar-refractivity contribution in [3.8, 4) is 11.9 Å². The van der Waals surface area contributed by atoms with Gasteiger partial charge in [-0.15, -0.1) is 0 Å². The van der Waals surface area contributed by atoms with Gasteiger partial charge in [0.15, 0.2) is 12.2 Å². The van der Waals surface area contributed by atoms with Crippen LogP contribution < -0.4 is 15.8 Å². The Labute approximate surface area is 174 Å². The number of hydrogen-bond donors (Lipinski definition) is 3. The summed E-state index contributed by atoms with van der Waals surface area (Å²) >= 11 is 0. The van der Waals surface area contributed by atoms with E-state index >= 15 is 0 Å². The number of aromatic nitrogens is 2. The van der Waals surface area contributed by atoms with Crippen molar-refractivity contribution >= 4 is 17.1 Å². The molecule has 152 valence electrons. The molecule has 4 N–H and O–H groups in total. The summed E-state index contributed by atoms with van der Waals surface area (Å²) in [5, 5.41) is 21.4. The second-order valence-electron chi connectivity index (χ2n) is 7.23. The summed E-state index contributed by atoms with van der Waals surface area (Å²) in [4.78, 5) is 8.53. The molecule has 1 aromatic carbocycles. The van der Waals surface area contributed by atoms with Crippen LogP contribution in [0.25, 0.3) is 0 Å². The van der Waals surface area contributed by atoms with Gasteiger partial charge < -0.3 is 20.2 Å². The molecule has 2 aromatic heterocycles. The molecule has 0 amide bonds. The van der Waals surface area contributed by atoms with E-state index in [-0.39, 0.29) is 11.8 Å². The van der Waals surface area contributed by atoms with E-state index < -0.39 is 0 Å². The predicted octanol–water partition coefficient (Wildman–Crippen LogP) is 3.75. The number of hydrogen-bond acceptors (Lipinski definition) is 8. The van der Waals surface area contributed by atoms with E-state index in [1.54, 1.807) is 6.07 Å². The standard InChI is InChI=1S/C22H22N6O2/c1-12-14-4-3-5-18(21(14)28-22(29-2)16(12)9-23)27-13-6-7-17(24)15(8-13)20(25)19-10-26-11-30-19/h6-8,10-11,18,25,27H,3-5,24H2,1-2H3/t18-/m1/s1. The SMILES string of the molecule is COc1nc2c(c(C)c1C#N)CCC[C@H]2Nc1ccc(N)c(C(=N)c2cnco2)c1. The molecule has 0 radical (unpaired) electrons. The van der Waals surface area contributed by atoms with Crippen molar-refractivity contribution in [2.45, 2.75) is 32.2 Å². The Hall–Kier alpha value is -3.86. The summed E-state index contributed by atoms with van der Waals surface area (Å²) in [7, 11) is 1.53. The van der Waals surface area contributed by atoms with Crippen molar-refractivity contribution in [1.29, 1.82) is 10.7 Å².